The van der Waals surface area contributed by atoms with Gasteiger partial charge in [0.1, 0.15) is 30.8 Å². The molecule has 0 aliphatic carbocycles. The minimum atomic E-state index is -1.50. The number of aryl methyl sites for hydroxylation is 1. The average Bonchev–Trinajstić information content (AvgIpc) is 3.80. The molecule has 15 heteroatoms. The van der Waals surface area contributed by atoms with Crippen LogP contribution in [0, 0.1) is 18.8 Å². The Hall–Kier alpha value is -4.79. The van der Waals surface area contributed by atoms with Gasteiger partial charge in [-0.05, 0) is 25.8 Å². The molecular formula is C33H42FN5O9. The molecule has 48 heavy (non-hydrogen) atoms. The number of allylic oxidation sites excluding steroid dienone is 2. The molecule has 4 rings (SSSR count). The summed E-state index contributed by atoms with van der Waals surface area (Å²) >= 11 is 0. The molecule has 2 aliphatic heterocycles. The SMILES string of the molecule is CC1=C\C(O)CC(F)Cc2nc(co2)C(=O)N2CCCC2C(=O)OC(C(C)COC(=O)Nc2coc(C)n2)C(C)/C=C/C(=O)NC\C=C\1. The number of oxazole rings is 2. The number of rotatable bonds is 4. The Bertz CT molecular complexity index is 1530. The van der Waals surface area contributed by atoms with Gasteiger partial charge in [-0.3, -0.25) is 14.9 Å². The van der Waals surface area contributed by atoms with Gasteiger partial charge in [-0.15, -0.1) is 0 Å². The van der Waals surface area contributed by atoms with E-state index in [1.54, 1.807) is 45.9 Å². The van der Waals surface area contributed by atoms with E-state index in [0.29, 0.717) is 24.3 Å². The van der Waals surface area contributed by atoms with E-state index in [-0.39, 0.29) is 49.9 Å². The number of carbonyl (C=O) groups is 4. The normalized spacial score (nSPS) is 27.9. The molecule has 0 aromatic carbocycles. The molecule has 2 aliphatic rings. The van der Waals surface area contributed by atoms with Crippen LogP contribution < -0.4 is 10.6 Å². The molecule has 1 fully saturated rings. The van der Waals surface area contributed by atoms with E-state index in [1.165, 1.54) is 23.3 Å². The lowest BCUT2D eigenvalue weighted by atomic mass is 9.93. The number of esters is 1. The summed E-state index contributed by atoms with van der Waals surface area (Å²) in [4.78, 5) is 61.5. The van der Waals surface area contributed by atoms with E-state index in [2.05, 4.69) is 20.6 Å². The molecule has 260 valence electrons. The largest absolute Gasteiger partial charge is 0.460 e. The van der Waals surface area contributed by atoms with Crippen LogP contribution in [0.5, 0.6) is 0 Å². The number of fused-ring (bicyclic) bond motifs is 3. The van der Waals surface area contributed by atoms with Crippen LogP contribution in [0.2, 0.25) is 0 Å². The highest BCUT2D eigenvalue weighted by molar-refractivity contribution is 5.95. The molecule has 6 atom stereocenters. The van der Waals surface area contributed by atoms with E-state index >= 15 is 0 Å². The van der Waals surface area contributed by atoms with E-state index < -0.39 is 60.1 Å². The Morgan fingerprint density at radius 1 is 1.21 bits per heavy atom. The molecule has 3 N–H and O–H groups in total. The Balaban J connectivity index is 1.54. The fraction of sp³-hybridized carbons (Fsp3) is 0.515. The van der Waals surface area contributed by atoms with Gasteiger partial charge in [0, 0.05) is 38.3 Å². The number of cyclic esters (lactones) is 1. The van der Waals surface area contributed by atoms with E-state index in [4.69, 9.17) is 18.3 Å². The van der Waals surface area contributed by atoms with Crippen molar-refractivity contribution in [3.63, 3.8) is 0 Å². The van der Waals surface area contributed by atoms with Gasteiger partial charge >= 0.3 is 12.1 Å². The van der Waals surface area contributed by atoms with Gasteiger partial charge < -0.3 is 33.6 Å². The highest BCUT2D eigenvalue weighted by Crippen LogP contribution is 2.26. The molecule has 0 saturated carbocycles. The van der Waals surface area contributed by atoms with Gasteiger partial charge in [0.25, 0.3) is 5.91 Å². The lowest BCUT2D eigenvalue weighted by molar-refractivity contribution is -0.159. The van der Waals surface area contributed by atoms with Crippen LogP contribution >= 0.6 is 0 Å². The van der Waals surface area contributed by atoms with Crippen LogP contribution in [-0.4, -0.2) is 88.0 Å². The number of hydrogen-bond donors (Lipinski definition) is 3. The summed E-state index contributed by atoms with van der Waals surface area (Å²) in [7, 11) is 0. The first-order valence-electron chi connectivity index (χ1n) is 15.8. The summed E-state index contributed by atoms with van der Waals surface area (Å²) in [6, 6.07) is -0.932. The fourth-order valence-electron chi connectivity index (χ4n) is 5.50. The van der Waals surface area contributed by atoms with Crippen LogP contribution in [-0.2, 0) is 25.5 Å². The van der Waals surface area contributed by atoms with Gasteiger partial charge in [-0.1, -0.05) is 43.7 Å². The summed E-state index contributed by atoms with van der Waals surface area (Å²) in [6.07, 6.45) is 6.35. The molecule has 0 radical (unpaired) electrons. The number of ether oxygens (including phenoxy) is 2. The molecule has 3 amide bonds. The number of amides is 3. The smallest absolute Gasteiger partial charge is 0.412 e. The summed E-state index contributed by atoms with van der Waals surface area (Å²) < 4.78 is 36.6. The number of alkyl halides is 1. The maximum absolute atomic E-state index is 14.8. The quantitative estimate of drug-likeness (QED) is 0.401. The lowest BCUT2D eigenvalue weighted by Crippen LogP contribution is -2.44. The first-order valence-corrected chi connectivity index (χ1v) is 15.8. The third-order valence-electron chi connectivity index (χ3n) is 7.89. The van der Waals surface area contributed by atoms with Crippen molar-refractivity contribution in [2.24, 2.45) is 11.8 Å². The number of aliphatic hydroxyl groups excluding tert-OH is 1. The van der Waals surface area contributed by atoms with Gasteiger partial charge in [0.2, 0.25) is 5.91 Å². The highest BCUT2D eigenvalue weighted by Gasteiger charge is 2.39. The topological polar surface area (TPSA) is 186 Å². The first-order chi connectivity index (χ1) is 22.9. The molecule has 14 nitrogen and oxygen atoms in total. The summed E-state index contributed by atoms with van der Waals surface area (Å²) in [5.74, 6) is -2.16. The standard InChI is InChI=1S/C33H42FN5O9/c1-19-7-5-11-35-28(41)10-9-20(2)30(21(3)16-47-33(44)38-27-18-45-22(4)36-27)48-32(43)26-8-6-12-39(26)31(42)25-17-46-29(37-25)15-23(34)14-24(40)13-19/h5,7,9-10,13,17-18,20-21,23-24,26,30,40H,6,8,11-12,14-16H2,1-4H3,(H,35,41)(H,38,44)/b7-5+,10-9+,19-13+. The maximum Gasteiger partial charge on any atom is 0.412 e. The molecule has 4 heterocycles. The number of hydrogen-bond acceptors (Lipinski definition) is 11. The second-order valence-corrected chi connectivity index (χ2v) is 12.0. The van der Waals surface area contributed by atoms with Crippen molar-refractivity contribution in [3.8, 4) is 0 Å². The number of aliphatic hydroxyl groups is 1. The number of carbonyl (C=O) groups excluding carboxylic acids is 4. The van der Waals surface area contributed by atoms with Crippen molar-refractivity contribution in [2.45, 2.75) is 77.8 Å². The second kappa shape index (κ2) is 16.9. The Morgan fingerprint density at radius 3 is 2.75 bits per heavy atom. The third-order valence-corrected chi connectivity index (χ3v) is 7.89. The molecule has 0 spiro atoms. The first kappa shape index (κ1) is 36.1. The van der Waals surface area contributed by atoms with Crippen LogP contribution in [0.4, 0.5) is 15.0 Å². The predicted molar refractivity (Wildman–Crippen MR) is 169 cm³/mol. The molecule has 6 unspecified atom stereocenters. The van der Waals surface area contributed by atoms with Crippen molar-refractivity contribution < 1.29 is 47.0 Å². The number of halogens is 1. The number of aromatic nitrogens is 2. The molecule has 2 aromatic heterocycles. The van der Waals surface area contributed by atoms with Gasteiger partial charge in [0.05, 0.1) is 19.1 Å². The van der Waals surface area contributed by atoms with Crippen molar-refractivity contribution in [3.05, 3.63) is 66.0 Å². The summed E-state index contributed by atoms with van der Waals surface area (Å²) in [6.45, 7) is 7.14. The lowest BCUT2D eigenvalue weighted by Gasteiger charge is -2.30. The molecule has 2 bridgehead atoms. The zero-order chi connectivity index (χ0) is 34.8. The zero-order valence-electron chi connectivity index (χ0n) is 27.4. The van der Waals surface area contributed by atoms with Crippen LogP contribution in [0.25, 0.3) is 0 Å². The molecular weight excluding hydrogens is 629 g/mol. The number of nitrogens with one attached hydrogen (secondary N) is 2. The van der Waals surface area contributed by atoms with Crippen LogP contribution in [0.1, 0.15) is 62.3 Å². The number of nitrogens with zero attached hydrogens (tertiary/aromatic N) is 3. The van der Waals surface area contributed by atoms with Gasteiger partial charge in [0.15, 0.2) is 23.3 Å². The summed E-state index contributed by atoms with van der Waals surface area (Å²) in [5.41, 5.74) is 0.590. The Labute approximate surface area is 277 Å². The maximum atomic E-state index is 14.8. The number of anilines is 1. The minimum Gasteiger partial charge on any atom is -0.460 e. The highest BCUT2D eigenvalue weighted by atomic mass is 19.1. The van der Waals surface area contributed by atoms with Crippen LogP contribution in [0.3, 0.4) is 0 Å². The molecule has 2 aromatic rings. The minimum absolute atomic E-state index is 0.0108. The van der Waals surface area contributed by atoms with Crippen LogP contribution in [0.15, 0.2) is 57.3 Å². The van der Waals surface area contributed by atoms with E-state index in [1.807, 2.05) is 0 Å². The van der Waals surface area contributed by atoms with Crippen molar-refractivity contribution in [2.75, 3.05) is 25.0 Å². The van der Waals surface area contributed by atoms with Crippen molar-refractivity contribution >= 4 is 29.7 Å². The van der Waals surface area contributed by atoms with Gasteiger partial charge in [-0.2, -0.15) is 4.98 Å². The van der Waals surface area contributed by atoms with E-state index in [0.717, 1.165) is 6.26 Å². The monoisotopic (exact) mass is 671 g/mol. The van der Waals surface area contributed by atoms with E-state index in [9.17, 15) is 28.7 Å². The van der Waals surface area contributed by atoms with Crippen molar-refractivity contribution in [1.82, 2.24) is 20.2 Å². The zero-order valence-corrected chi connectivity index (χ0v) is 27.4. The fourth-order valence-corrected chi connectivity index (χ4v) is 5.50. The predicted octanol–water partition coefficient (Wildman–Crippen LogP) is 3.83. The summed E-state index contributed by atoms with van der Waals surface area (Å²) in [5, 5.41) is 15.5. The third kappa shape index (κ3) is 10.4. The van der Waals surface area contributed by atoms with Crippen molar-refractivity contribution in [1.29, 1.82) is 0 Å². The van der Waals surface area contributed by atoms with Gasteiger partial charge in [-0.25, -0.2) is 19.0 Å². The Kier molecular flexibility index (Phi) is 12.7. The Morgan fingerprint density at radius 2 is 2.00 bits per heavy atom. The average molecular weight is 672 g/mol. The molecule has 1 saturated heterocycles. The second-order valence-electron chi connectivity index (χ2n) is 12.0.